The third kappa shape index (κ3) is 3.99. The highest BCUT2D eigenvalue weighted by Crippen LogP contribution is 2.32. The molecular weight excluding hydrogens is 435 g/mol. The Hall–Kier alpha value is -2.53. The van der Waals surface area contributed by atoms with Crippen LogP contribution in [0, 0.1) is 15.9 Å². The van der Waals surface area contributed by atoms with E-state index in [1.54, 1.807) is 0 Å². The maximum Gasteiger partial charge on any atom is 0.326 e. The van der Waals surface area contributed by atoms with E-state index in [0.717, 1.165) is 31.4 Å². The number of nitro benzene ring substituents is 1. The van der Waals surface area contributed by atoms with Crippen molar-refractivity contribution in [2.45, 2.75) is 4.90 Å². The van der Waals surface area contributed by atoms with Gasteiger partial charge in [-0.1, -0.05) is 28.1 Å². The number of methoxy groups -OCH3 is 1. The summed E-state index contributed by atoms with van der Waals surface area (Å²) in [6, 6.07) is 8.10. The summed E-state index contributed by atoms with van der Waals surface area (Å²) in [6.07, 6.45) is 0. The Kier molecular flexibility index (Phi) is 5.93. The maximum atomic E-state index is 14.3. The van der Waals surface area contributed by atoms with Crippen LogP contribution in [0.4, 0.5) is 15.8 Å². The number of nitro groups is 1. The first-order valence-electron chi connectivity index (χ1n) is 6.96. The number of para-hydroxylation sites is 1. The summed E-state index contributed by atoms with van der Waals surface area (Å²) in [7, 11) is -3.60. The van der Waals surface area contributed by atoms with Crippen LogP contribution < -0.4 is 4.31 Å². The van der Waals surface area contributed by atoms with E-state index in [2.05, 4.69) is 20.7 Å². The Morgan fingerprint density at radius 2 is 1.96 bits per heavy atom. The Bertz CT molecular complexity index is 966. The van der Waals surface area contributed by atoms with E-state index in [0.29, 0.717) is 8.78 Å². The van der Waals surface area contributed by atoms with Gasteiger partial charge in [0, 0.05) is 10.5 Å². The Labute approximate surface area is 156 Å². The molecule has 0 aliphatic rings. The summed E-state index contributed by atoms with van der Waals surface area (Å²) in [4.78, 5) is 21.3. The van der Waals surface area contributed by atoms with Crippen LogP contribution in [-0.4, -0.2) is 33.0 Å². The van der Waals surface area contributed by atoms with Gasteiger partial charge in [-0.3, -0.25) is 19.2 Å². The minimum Gasteiger partial charge on any atom is -0.468 e. The van der Waals surface area contributed by atoms with E-state index in [1.807, 2.05) is 0 Å². The standard InChI is InChI=1S/C15H12BrFN2O6S/c1-25-15(20)9-18(12-7-6-10(16)8-11(12)17)26(23,24)14-5-3-2-4-13(14)19(21)22/h2-8H,9H2,1H3. The Morgan fingerprint density at radius 3 is 2.54 bits per heavy atom. The number of rotatable bonds is 6. The van der Waals surface area contributed by atoms with Crippen molar-refractivity contribution in [2.75, 3.05) is 18.0 Å². The van der Waals surface area contributed by atoms with E-state index in [4.69, 9.17) is 0 Å². The van der Waals surface area contributed by atoms with Gasteiger partial charge in [0.2, 0.25) is 0 Å². The van der Waals surface area contributed by atoms with Gasteiger partial charge in [-0.25, -0.2) is 12.8 Å². The van der Waals surface area contributed by atoms with Crippen molar-refractivity contribution in [1.82, 2.24) is 0 Å². The third-order valence-electron chi connectivity index (χ3n) is 3.31. The molecule has 0 heterocycles. The molecule has 138 valence electrons. The molecule has 0 unspecified atom stereocenters. The summed E-state index contributed by atoms with van der Waals surface area (Å²) in [5.74, 6) is -1.90. The van der Waals surface area contributed by atoms with E-state index < -0.39 is 49.5 Å². The lowest BCUT2D eigenvalue weighted by atomic mass is 10.3. The highest BCUT2D eigenvalue weighted by molar-refractivity contribution is 9.10. The predicted octanol–water partition coefficient (Wildman–Crippen LogP) is 2.86. The number of nitrogens with zero attached hydrogens (tertiary/aromatic N) is 2. The largest absolute Gasteiger partial charge is 0.468 e. The smallest absolute Gasteiger partial charge is 0.326 e. The van der Waals surface area contributed by atoms with Crippen molar-refractivity contribution in [2.24, 2.45) is 0 Å². The zero-order valence-electron chi connectivity index (χ0n) is 13.3. The van der Waals surface area contributed by atoms with Crippen molar-refractivity contribution >= 4 is 43.3 Å². The summed E-state index contributed by atoms with van der Waals surface area (Å²) >= 11 is 3.05. The fourth-order valence-electron chi connectivity index (χ4n) is 2.11. The van der Waals surface area contributed by atoms with Crippen molar-refractivity contribution in [3.63, 3.8) is 0 Å². The topological polar surface area (TPSA) is 107 Å². The number of benzene rings is 2. The van der Waals surface area contributed by atoms with Crippen molar-refractivity contribution in [3.05, 3.63) is 62.9 Å². The van der Waals surface area contributed by atoms with Gasteiger partial charge in [0.15, 0.2) is 4.90 Å². The molecule has 0 saturated heterocycles. The lowest BCUT2D eigenvalue weighted by Gasteiger charge is -2.23. The predicted molar refractivity (Wildman–Crippen MR) is 93.7 cm³/mol. The molecule has 0 fully saturated rings. The quantitative estimate of drug-likeness (QED) is 0.383. The number of sulfonamides is 1. The number of esters is 1. The second-order valence-corrected chi connectivity index (χ2v) is 7.65. The molecule has 0 spiro atoms. The normalized spacial score (nSPS) is 11.0. The zero-order valence-corrected chi connectivity index (χ0v) is 15.7. The van der Waals surface area contributed by atoms with E-state index in [-0.39, 0.29) is 0 Å². The number of anilines is 1. The average Bonchev–Trinajstić information content (AvgIpc) is 2.59. The molecule has 0 saturated carbocycles. The van der Waals surface area contributed by atoms with Gasteiger partial charge in [-0.2, -0.15) is 0 Å². The minimum absolute atomic E-state index is 0.347. The van der Waals surface area contributed by atoms with Crippen LogP contribution in [0.3, 0.4) is 0 Å². The summed E-state index contributed by atoms with van der Waals surface area (Å²) < 4.78 is 45.5. The molecule has 2 rings (SSSR count). The van der Waals surface area contributed by atoms with Crippen LogP contribution >= 0.6 is 15.9 Å². The lowest BCUT2D eigenvalue weighted by Crippen LogP contribution is -2.37. The molecule has 0 aliphatic heterocycles. The third-order valence-corrected chi connectivity index (χ3v) is 5.61. The van der Waals surface area contributed by atoms with Crippen LogP contribution in [0.1, 0.15) is 0 Å². The minimum atomic E-state index is -4.63. The number of carbonyl (C=O) groups is 1. The molecule has 0 radical (unpaired) electrons. The van der Waals surface area contributed by atoms with Gasteiger partial charge < -0.3 is 4.74 Å². The number of hydrogen-bond acceptors (Lipinski definition) is 6. The fourth-order valence-corrected chi connectivity index (χ4v) is 4.02. The Balaban J connectivity index is 2.68. The molecule has 11 heteroatoms. The maximum absolute atomic E-state index is 14.3. The van der Waals surface area contributed by atoms with Crippen LogP contribution in [0.25, 0.3) is 0 Å². The summed E-state index contributed by atoms with van der Waals surface area (Å²) in [5.41, 5.74) is -1.14. The highest BCUT2D eigenvalue weighted by Gasteiger charge is 2.34. The molecule has 8 nitrogen and oxygen atoms in total. The number of ether oxygens (including phenoxy) is 1. The van der Waals surface area contributed by atoms with Gasteiger partial charge in [0.25, 0.3) is 15.7 Å². The van der Waals surface area contributed by atoms with Crippen molar-refractivity contribution in [1.29, 1.82) is 0 Å². The molecule has 0 amide bonds. The lowest BCUT2D eigenvalue weighted by molar-refractivity contribution is -0.387. The van der Waals surface area contributed by atoms with Gasteiger partial charge in [-0.15, -0.1) is 0 Å². The molecule has 26 heavy (non-hydrogen) atoms. The number of carbonyl (C=O) groups excluding carboxylic acids is 1. The first-order valence-corrected chi connectivity index (χ1v) is 9.20. The first kappa shape index (κ1) is 19.8. The zero-order chi connectivity index (χ0) is 19.5. The molecular formula is C15H12BrFN2O6S. The molecule has 0 aliphatic carbocycles. The van der Waals surface area contributed by atoms with Crippen LogP contribution in [0.2, 0.25) is 0 Å². The van der Waals surface area contributed by atoms with Gasteiger partial charge in [0.1, 0.15) is 12.4 Å². The molecule has 2 aromatic carbocycles. The van der Waals surface area contributed by atoms with Crippen LogP contribution in [0.5, 0.6) is 0 Å². The highest BCUT2D eigenvalue weighted by atomic mass is 79.9. The number of hydrogen-bond donors (Lipinski definition) is 0. The van der Waals surface area contributed by atoms with Crippen molar-refractivity contribution < 1.29 is 27.3 Å². The van der Waals surface area contributed by atoms with E-state index >= 15 is 0 Å². The Morgan fingerprint density at radius 1 is 1.31 bits per heavy atom. The van der Waals surface area contributed by atoms with Crippen molar-refractivity contribution in [3.8, 4) is 0 Å². The fraction of sp³-hybridized carbons (Fsp3) is 0.133. The van der Waals surface area contributed by atoms with E-state index in [9.17, 15) is 27.7 Å². The first-order chi connectivity index (χ1) is 12.2. The average molecular weight is 447 g/mol. The SMILES string of the molecule is COC(=O)CN(c1ccc(Br)cc1F)S(=O)(=O)c1ccccc1[N+](=O)[O-]. The summed E-state index contributed by atoms with van der Waals surface area (Å²) in [6.45, 7) is -0.858. The van der Waals surface area contributed by atoms with Gasteiger partial charge >= 0.3 is 5.97 Å². The molecule has 0 aromatic heterocycles. The second-order valence-electron chi connectivity index (χ2n) is 4.91. The molecule has 0 N–H and O–H groups in total. The molecule has 0 bridgehead atoms. The van der Waals surface area contributed by atoms with Crippen LogP contribution in [0.15, 0.2) is 51.8 Å². The monoisotopic (exact) mass is 446 g/mol. The second kappa shape index (κ2) is 7.79. The van der Waals surface area contributed by atoms with E-state index in [1.165, 1.54) is 18.2 Å². The molecule has 0 atom stereocenters. The number of halogens is 2. The van der Waals surface area contributed by atoms with Crippen LogP contribution in [-0.2, 0) is 19.6 Å². The van der Waals surface area contributed by atoms with Gasteiger partial charge in [-0.05, 0) is 24.3 Å². The summed E-state index contributed by atoms with van der Waals surface area (Å²) in [5, 5.41) is 11.2. The molecule has 2 aromatic rings. The van der Waals surface area contributed by atoms with Gasteiger partial charge in [0.05, 0.1) is 17.7 Å².